The average molecular weight is 366 g/mol. The summed E-state index contributed by atoms with van der Waals surface area (Å²) in [4.78, 5) is 23.7. The first kappa shape index (κ1) is 17.9. The molecule has 2 fully saturated rings. The average Bonchev–Trinajstić information content (AvgIpc) is 3.26. The first-order chi connectivity index (χ1) is 13.3. The lowest BCUT2D eigenvalue weighted by Gasteiger charge is -2.27. The SMILES string of the molecule is O=C(NC[C@@H]1CCOC1)c1cccc(-c2cc(N3CCCCC3)ncn2)c1. The molecule has 1 atom stereocenters. The number of piperidine rings is 1. The second-order valence-corrected chi connectivity index (χ2v) is 7.33. The molecule has 0 bridgehead atoms. The third-order valence-electron chi connectivity index (χ3n) is 5.33. The topological polar surface area (TPSA) is 67.3 Å². The summed E-state index contributed by atoms with van der Waals surface area (Å²) in [6.07, 6.45) is 6.34. The molecule has 2 aliphatic rings. The summed E-state index contributed by atoms with van der Waals surface area (Å²) in [6, 6.07) is 9.67. The van der Waals surface area contributed by atoms with E-state index >= 15 is 0 Å². The molecule has 6 nitrogen and oxygen atoms in total. The predicted octanol–water partition coefficient (Wildman–Crippen LogP) is 2.90. The van der Waals surface area contributed by atoms with Gasteiger partial charge in [-0.15, -0.1) is 0 Å². The van der Waals surface area contributed by atoms with Crippen molar-refractivity contribution in [2.24, 2.45) is 5.92 Å². The highest BCUT2D eigenvalue weighted by Crippen LogP contribution is 2.24. The van der Waals surface area contributed by atoms with E-state index in [1.807, 2.05) is 30.3 Å². The quantitative estimate of drug-likeness (QED) is 0.881. The van der Waals surface area contributed by atoms with Crippen molar-refractivity contribution in [1.29, 1.82) is 0 Å². The van der Waals surface area contributed by atoms with E-state index in [0.29, 0.717) is 18.0 Å². The van der Waals surface area contributed by atoms with Gasteiger partial charge in [0, 0.05) is 49.4 Å². The summed E-state index contributed by atoms with van der Waals surface area (Å²) in [7, 11) is 0. The van der Waals surface area contributed by atoms with Gasteiger partial charge >= 0.3 is 0 Å². The summed E-state index contributed by atoms with van der Waals surface area (Å²) >= 11 is 0. The van der Waals surface area contributed by atoms with Gasteiger partial charge in [-0.1, -0.05) is 12.1 Å². The van der Waals surface area contributed by atoms with E-state index in [4.69, 9.17) is 4.74 Å². The lowest BCUT2D eigenvalue weighted by molar-refractivity contribution is 0.0945. The number of carbonyl (C=O) groups excluding carboxylic acids is 1. The molecular formula is C21H26N4O2. The zero-order valence-corrected chi connectivity index (χ0v) is 15.6. The van der Waals surface area contributed by atoms with Crippen molar-refractivity contribution in [2.45, 2.75) is 25.7 Å². The maximum absolute atomic E-state index is 12.5. The van der Waals surface area contributed by atoms with Crippen molar-refractivity contribution in [1.82, 2.24) is 15.3 Å². The van der Waals surface area contributed by atoms with Crippen LogP contribution in [0.2, 0.25) is 0 Å². The Hall–Kier alpha value is -2.47. The molecule has 2 saturated heterocycles. The number of benzene rings is 1. The molecule has 1 amide bonds. The van der Waals surface area contributed by atoms with Gasteiger partial charge < -0.3 is 15.0 Å². The Bertz CT molecular complexity index is 783. The monoisotopic (exact) mass is 366 g/mol. The van der Waals surface area contributed by atoms with E-state index in [-0.39, 0.29) is 5.91 Å². The van der Waals surface area contributed by atoms with Crippen molar-refractivity contribution in [3.05, 3.63) is 42.2 Å². The number of hydrogen-bond donors (Lipinski definition) is 1. The predicted molar refractivity (Wildman–Crippen MR) is 105 cm³/mol. The molecule has 0 spiro atoms. The number of rotatable bonds is 5. The van der Waals surface area contributed by atoms with Gasteiger partial charge in [0.1, 0.15) is 12.1 Å². The molecule has 0 aliphatic carbocycles. The van der Waals surface area contributed by atoms with Gasteiger partial charge in [-0.2, -0.15) is 0 Å². The molecule has 142 valence electrons. The van der Waals surface area contributed by atoms with E-state index in [0.717, 1.165) is 49.8 Å². The smallest absolute Gasteiger partial charge is 0.251 e. The van der Waals surface area contributed by atoms with Crippen LogP contribution in [-0.2, 0) is 4.74 Å². The number of aromatic nitrogens is 2. The highest BCUT2D eigenvalue weighted by Gasteiger charge is 2.17. The molecule has 1 aromatic heterocycles. The fourth-order valence-electron chi connectivity index (χ4n) is 3.70. The Balaban J connectivity index is 1.47. The van der Waals surface area contributed by atoms with Gasteiger partial charge in [-0.25, -0.2) is 9.97 Å². The minimum absolute atomic E-state index is 0.0472. The highest BCUT2D eigenvalue weighted by molar-refractivity contribution is 5.95. The summed E-state index contributed by atoms with van der Waals surface area (Å²) in [5, 5.41) is 3.02. The van der Waals surface area contributed by atoms with Crippen molar-refractivity contribution >= 4 is 11.7 Å². The van der Waals surface area contributed by atoms with Crippen molar-refractivity contribution in [2.75, 3.05) is 37.7 Å². The third-order valence-corrected chi connectivity index (χ3v) is 5.33. The van der Waals surface area contributed by atoms with Crippen molar-refractivity contribution in [3.63, 3.8) is 0 Å². The van der Waals surface area contributed by atoms with Crippen LogP contribution in [0.25, 0.3) is 11.3 Å². The Kier molecular flexibility index (Phi) is 5.63. The van der Waals surface area contributed by atoms with Crippen LogP contribution >= 0.6 is 0 Å². The Morgan fingerprint density at radius 1 is 1.19 bits per heavy atom. The first-order valence-electron chi connectivity index (χ1n) is 9.83. The molecular weight excluding hydrogens is 340 g/mol. The molecule has 27 heavy (non-hydrogen) atoms. The van der Waals surface area contributed by atoms with Gasteiger partial charge in [0.25, 0.3) is 5.91 Å². The minimum Gasteiger partial charge on any atom is -0.381 e. The van der Waals surface area contributed by atoms with Gasteiger partial charge in [0.05, 0.1) is 12.3 Å². The van der Waals surface area contributed by atoms with Crippen molar-refractivity contribution in [3.8, 4) is 11.3 Å². The van der Waals surface area contributed by atoms with E-state index in [1.165, 1.54) is 19.3 Å². The second kappa shape index (κ2) is 8.48. The van der Waals surface area contributed by atoms with Crippen LogP contribution in [0.5, 0.6) is 0 Å². The number of nitrogens with zero attached hydrogens (tertiary/aromatic N) is 3. The summed E-state index contributed by atoms with van der Waals surface area (Å²) in [5.41, 5.74) is 2.45. The summed E-state index contributed by atoms with van der Waals surface area (Å²) in [5.74, 6) is 1.34. The lowest BCUT2D eigenvalue weighted by Crippen LogP contribution is -2.30. The van der Waals surface area contributed by atoms with Gasteiger partial charge in [-0.05, 0) is 37.8 Å². The van der Waals surface area contributed by atoms with Crippen LogP contribution in [0.4, 0.5) is 5.82 Å². The Morgan fingerprint density at radius 2 is 2.07 bits per heavy atom. The molecule has 0 unspecified atom stereocenters. The third kappa shape index (κ3) is 4.45. The molecule has 1 N–H and O–H groups in total. The fourth-order valence-corrected chi connectivity index (χ4v) is 3.70. The van der Waals surface area contributed by atoms with E-state index in [1.54, 1.807) is 6.33 Å². The lowest BCUT2D eigenvalue weighted by atomic mass is 10.1. The number of nitrogens with one attached hydrogen (secondary N) is 1. The summed E-state index contributed by atoms with van der Waals surface area (Å²) in [6.45, 7) is 4.28. The van der Waals surface area contributed by atoms with Gasteiger partial charge in [-0.3, -0.25) is 4.79 Å². The molecule has 1 aromatic carbocycles. The maximum atomic E-state index is 12.5. The van der Waals surface area contributed by atoms with Gasteiger partial charge in [0.15, 0.2) is 0 Å². The zero-order valence-electron chi connectivity index (χ0n) is 15.6. The number of carbonyl (C=O) groups is 1. The van der Waals surface area contributed by atoms with Gasteiger partial charge in [0.2, 0.25) is 0 Å². The van der Waals surface area contributed by atoms with Crippen LogP contribution < -0.4 is 10.2 Å². The zero-order chi connectivity index (χ0) is 18.5. The number of hydrogen-bond acceptors (Lipinski definition) is 5. The molecule has 4 rings (SSSR count). The maximum Gasteiger partial charge on any atom is 0.251 e. The molecule has 0 radical (unpaired) electrons. The van der Waals surface area contributed by atoms with E-state index < -0.39 is 0 Å². The highest BCUT2D eigenvalue weighted by atomic mass is 16.5. The number of amides is 1. The molecule has 6 heteroatoms. The molecule has 0 saturated carbocycles. The molecule has 3 heterocycles. The second-order valence-electron chi connectivity index (χ2n) is 7.33. The van der Waals surface area contributed by atoms with Crippen LogP contribution in [0.1, 0.15) is 36.0 Å². The van der Waals surface area contributed by atoms with Crippen LogP contribution in [-0.4, -0.2) is 48.7 Å². The molecule has 2 aromatic rings. The Labute approximate surface area is 160 Å². The standard InChI is InChI=1S/C21H26N4O2/c26-21(22-13-16-7-10-27-14-16)18-6-4-5-17(11-18)19-12-20(24-15-23-19)25-8-2-1-3-9-25/h4-6,11-12,15-16H,1-3,7-10,13-14H2,(H,22,26)/t16-/m0/s1. The van der Waals surface area contributed by atoms with Crippen LogP contribution in [0.15, 0.2) is 36.7 Å². The van der Waals surface area contributed by atoms with Crippen LogP contribution in [0, 0.1) is 5.92 Å². The largest absolute Gasteiger partial charge is 0.381 e. The Morgan fingerprint density at radius 3 is 2.89 bits per heavy atom. The molecule has 2 aliphatic heterocycles. The van der Waals surface area contributed by atoms with E-state index in [2.05, 4.69) is 20.2 Å². The van der Waals surface area contributed by atoms with E-state index in [9.17, 15) is 4.79 Å². The number of anilines is 1. The fraction of sp³-hybridized carbons (Fsp3) is 0.476. The van der Waals surface area contributed by atoms with Crippen LogP contribution in [0.3, 0.4) is 0 Å². The number of ether oxygens (including phenoxy) is 1. The first-order valence-corrected chi connectivity index (χ1v) is 9.83. The van der Waals surface area contributed by atoms with Crippen molar-refractivity contribution < 1.29 is 9.53 Å². The normalized spacial score (nSPS) is 19.9. The minimum atomic E-state index is -0.0472. The summed E-state index contributed by atoms with van der Waals surface area (Å²) < 4.78 is 5.36.